The van der Waals surface area contributed by atoms with Crippen LogP contribution >= 0.6 is 0 Å². The second-order valence-corrected chi connectivity index (χ2v) is 4.11. The zero-order chi connectivity index (χ0) is 12.3. The Hall–Kier alpha value is -1.26. The Morgan fingerprint density at radius 1 is 1.29 bits per heavy atom. The van der Waals surface area contributed by atoms with Gasteiger partial charge >= 0.3 is 0 Å². The van der Waals surface area contributed by atoms with Gasteiger partial charge < -0.3 is 19.9 Å². The molecule has 1 aliphatic heterocycles. The van der Waals surface area contributed by atoms with E-state index in [2.05, 4.69) is 6.92 Å². The first-order valence-corrected chi connectivity index (χ1v) is 5.91. The number of rotatable bonds is 4. The molecule has 0 aliphatic carbocycles. The molecule has 4 heteroatoms. The van der Waals surface area contributed by atoms with Gasteiger partial charge in [0.1, 0.15) is 18.8 Å². The first kappa shape index (κ1) is 12.2. The van der Waals surface area contributed by atoms with Gasteiger partial charge in [-0.05, 0) is 24.1 Å². The maximum atomic E-state index is 5.84. The van der Waals surface area contributed by atoms with E-state index in [1.54, 1.807) is 7.11 Å². The number of fused-ring (bicyclic) bond motifs is 1. The fraction of sp³-hybridized carbons (Fsp3) is 0.538. The summed E-state index contributed by atoms with van der Waals surface area (Å²) in [4.78, 5) is 0. The lowest BCUT2D eigenvalue weighted by atomic mass is 9.90. The van der Waals surface area contributed by atoms with E-state index in [1.165, 1.54) is 0 Å². The van der Waals surface area contributed by atoms with E-state index >= 15 is 0 Å². The topological polar surface area (TPSA) is 53.7 Å². The standard InChI is InChI=1S/C13H19NO3/c1-3-13(9-14,15-2)10-4-5-11-12(8-10)17-7-6-16-11/h4-5,8H,3,6-7,9,14H2,1-2H3. The van der Waals surface area contributed by atoms with Crippen molar-refractivity contribution < 1.29 is 14.2 Å². The molecule has 0 aromatic heterocycles. The molecule has 1 aliphatic rings. The number of nitrogens with two attached hydrogens (primary N) is 1. The Balaban J connectivity index is 2.38. The summed E-state index contributed by atoms with van der Waals surface area (Å²) >= 11 is 0. The van der Waals surface area contributed by atoms with Crippen LogP contribution in [0, 0.1) is 0 Å². The third kappa shape index (κ3) is 2.10. The molecule has 4 nitrogen and oxygen atoms in total. The van der Waals surface area contributed by atoms with Crippen LogP contribution in [0.1, 0.15) is 18.9 Å². The minimum Gasteiger partial charge on any atom is -0.486 e. The van der Waals surface area contributed by atoms with Crippen LogP contribution in [0.3, 0.4) is 0 Å². The van der Waals surface area contributed by atoms with Crippen molar-refractivity contribution in [2.75, 3.05) is 26.9 Å². The molecule has 2 rings (SSSR count). The lowest BCUT2D eigenvalue weighted by Gasteiger charge is -2.31. The van der Waals surface area contributed by atoms with Crippen molar-refractivity contribution in [3.8, 4) is 11.5 Å². The molecule has 0 amide bonds. The van der Waals surface area contributed by atoms with Crippen LogP contribution in [0.15, 0.2) is 18.2 Å². The number of hydrogen-bond donors (Lipinski definition) is 1. The van der Waals surface area contributed by atoms with E-state index in [9.17, 15) is 0 Å². The molecule has 0 saturated heterocycles. The molecule has 0 fully saturated rings. The van der Waals surface area contributed by atoms with Crippen molar-refractivity contribution >= 4 is 0 Å². The molecular weight excluding hydrogens is 218 g/mol. The molecule has 1 heterocycles. The normalized spacial score (nSPS) is 17.6. The first-order valence-electron chi connectivity index (χ1n) is 5.91. The average Bonchev–Trinajstić information content (AvgIpc) is 2.41. The molecule has 0 spiro atoms. The van der Waals surface area contributed by atoms with Crippen LogP contribution in [0.2, 0.25) is 0 Å². The first-order chi connectivity index (χ1) is 8.25. The summed E-state index contributed by atoms with van der Waals surface area (Å²) < 4.78 is 16.7. The van der Waals surface area contributed by atoms with Crippen LogP contribution in [-0.4, -0.2) is 26.9 Å². The fourth-order valence-electron chi connectivity index (χ4n) is 2.14. The van der Waals surface area contributed by atoms with Crippen molar-refractivity contribution in [1.82, 2.24) is 0 Å². The van der Waals surface area contributed by atoms with Crippen LogP contribution < -0.4 is 15.2 Å². The smallest absolute Gasteiger partial charge is 0.161 e. The van der Waals surface area contributed by atoms with Gasteiger partial charge in [-0.1, -0.05) is 13.0 Å². The Morgan fingerprint density at radius 3 is 2.59 bits per heavy atom. The van der Waals surface area contributed by atoms with Crippen molar-refractivity contribution in [3.05, 3.63) is 23.8 Å². The summed E-state index contributed by atoms with van der Waals surface area (Å²) in [5.41, 5.74) is 6.44. The van der Waals surface area contributed by atoms with E-state index in [0.717, 1.165) is 23.5 Å². The van der Waals surface area contributed by atoms with Gasteiger partial charge in [-0.3, -0.25) is 0 Å². The number of ether oxygens (including phenoxy) is 3. The molecule has 94 valence electrons. The van der Waals surface area contributed by atoms with E-state index in [1.807, 2.05) is 18.2 Å². The zero-order valence-corrected chi connectivity index (χ0v) is 10.4. The average molecular weight is 237 g/mol. The van der Waals surface area contributed by atoms with Crippen molar-refractivity contribution in [2.45, 2.75) is 18.9 Å². The van der Waals surface area contributed by atoms with Crippen LogP contribution in [0.4, 0.5) is 0 Å². The highest BCUT2D eigenvalue weighted by Crippen LogP contribution is 2.36. The van der Waals surface area contributed by atoms with Crippen LogP contribution in [0.25, 0.3) is 0 Å². The molecule has 1 aromatic rings. The predicted molar refractivity (Wildman–Crippen MR) is 65.5 cm³/mol. The number of hydrogen-bond acceptors (Lipinski definition) is 4. The van der Waals surface area contributed by atoms with Gasteiger partial charge in [0.15, 0.2) is 11.5 Å². The van der Waals surface area contributed by atoms with E-state index in [-0.39, 0.29) is 0 Å². The Kier molecular flexibility index (Phi) is 3.54. The summed E-state index contributed by atoms with van der Waals surface area (Å²) in [5, 5.41) is 0. The minimum absolute atomic E-state index is 0.435. The molecular formula is C13H19NO3. The Labute approximate surface area is 102 Å². The minimum atomic E-state index is -0.435. The van der Waals surface area contributed by atoms with Gasteiger partial charge in [-0.25, -0.2) is 0 Å². The number of methoxy groups -OCH3 is 1. The van der Waals surface area contributed by atoms with E-state index < -0.39 is 5.60 Å². The van der Waals surface area contributed by atoms with Crippen molar-refractivity contribution in [3.63, 3.8) is 0 Å². The largest absolute Gasteiger partial charge is 0.486 e. The maximum absolute atomic E-state index is 5.84. The SMILES string of the molecule is CCC(CN)(OC)c1ccc2c(c1)OCCO2. The van der Waals surface area contributed by atoms with Gasteiger partial charge in [0.2, 0.25) is 0 Å². The highest BCUT2D eigenvalue weighted by molar-refractivity contribution is 5.45. The van der Waals surface area contributed by atoms with E-state index in [4.69, 9.17) is 19.9 Å². The predicted octanol–water partition coefficient (Wildman–Crippen LogP) is 1.67. The lowest BCUT2D eigenvalue weighted by molar-refractivity contribution is -0.0106. The summed E-state index contributed by atoms with van der Waals surface area (Å²) in [5.74, 6) is 1.57. The maximum Gasteiger partial charge on any atom is 0.161 e. The third-order valence-electron chi connectivity index (χ3n) is 3.36. The molecule has 1 aromatic carbocycles. The van der Waals surface area contributed by atoms with Crippen molar-refractivity contribution in [2.24, 2.45) is 5.73 Å². The Bertz CT molecular complexity index is 380. The van der Waals surface area contributed by atoms with Gasteiger partial charge in [0, 0.05) is 13.7 Å². The molecule has 17 heavy (non-hydrogen) atoms. The molecule has 2 N–H and O–H groups in total. The summed E-state index contributed by atoms with van der Waals surface area (Å²) in [7, 11) is 1.69. The van der Waals surface area contributed by atoms with Crippen molar-refractivity contribution in [1.29, 1.82) is 0 Å². The third-order valence-corrected chi connectivity index (χ3v) is 3.36. The number of benzene rings is 1. The van der Waals surface area contributed by atoms with Gasteiger partial charge in [0.05, 0.1) is 0 Å². The highest BCUT2D eigenvalue weighted by Gasteiger charge is 2.29. The van der Waals surface area contributed by atoms with Crippen LogP contribution in [-0.2, 0) is 10.3 Å². The Morgan fingerprint density at radius 2 is 2.00 bits per heavy atom. The summed E-state index contributed by atoms with van der Waals surface area (Å²) in [6.07, 6.45) is 0.819. The molecule has 0 saturated carbocycles. The summed E-state index contributed by atoms with van der Waals surface area (Å²) in [6, 6.07) is 5.88. The van der Waals surface area contributed by atoms with Crippen LogP contribution in [0.5, 0.6) is 11.5 Å². The molecule has 0 radical (unpaired) electrons. The lowest BCUT2D eigenvalue weighted by Crippen LogP contribution is -2.36. The highest BCUT2D eigenvalue weighted by atomic mass is 16.6. The second kappa shape index (κ2) is 4.94. The molecule has 0 bridgehead atoms. The quantitative estimate of drug-likeness (QED) is 0.865. The van der Waals surface area contributed by atoms with Gasteiger partial charge in [-0.2, -0.15) is 0 Å². The monoisotopic (exact) mass is 237 g/mol. The second-order valence-electron chi connectivity index (χ2n) is 4.11. The fourth-order valence-corrected chi connectivity index (χ4v) is 2.14. The zero-order valence-electron chi connectivity index (χ0n) is 10.4. The van der Waals surface area contributed by atoms with Gasteiger partial charge in [-0.15, -0.1) is 0 Å². The molecule has 1 atom stereocenters. The summed E-state index contributed by atoms with van der Waals surface area (Å²) in [6.45, 7) is 3.70. The molecule has 1 unspecified atom stereocenters. The van der Waals surface area contributed by atoms with Gasteiger partial charge in [0.25, 0.3) is 0 Å². The van der Waals surface area contributed by atoms with E-state index in [0.29, 0.717) is 19.8 Å².